The molecule has 0 aromatic rings. The first-order valence-electron chi connectivity index (χ1n) is 6.99. The standard InChI is InChI=1S/C14H29N/c1-3-5-6-7-10-14(15)11-8-9-13(4-2)12-14/h13H,3-12,15H2,1-2H3. The Kier molecular flexibility index (Phi) is 5.66. The molecular weight excluding hydrogens is 182 g/mol. The minimum absolute atomic E-state index is 0.201. The lowest BCUT2D eigenvalue weighted by molar-refractivity contribution is 0.203. The molecule has 1 fully saturated rings. The Balaban J connectivity index is 2.24. The van der Waals surface area contributed by atoms with Gasteiger partial charge in [0.25, 0.3) is 0 Å². The van der Waals surface area contributed by atoms with Crippen LogP contribution in [0.2, 0.25) is 0 Å². The third-order valence-electron chi connectivity index (χ3n) is 4.09. The highest BCUT2D eigenvalue weighted by atomic mass is 14.7. The summed E-state index contributed by atoms with van der Waals surface area (Å²) in [6.45, 7) is 4.58. The van der Waals surface area contributed by atoms with Gasteiger partial charge in [-0.1, -0.05) is 58.8 Å². The maximum absolute atomic E-state index is 6.51. The van der Waals surface area contributed by atoms with E-state index in [1.807, 2.05) is 0 Å². The first-order chi connectivity index (χ1) is 7.20. The van der Waals surface area contributed by atoms with Crippen molar-refractivity contribution in [3.05, 3.63) is 0 Å². The van der Waals surface area contributed by atoms with Gasteiger partial charge in [0.1, 0.15) is 0 Å². The van der Waals surface area contributed by atoms with E-state index in [0.717, 1.165) is 5.92 Å². The number of hydrogen-bond acceptors (Lipinski definition) is 1. The first-order valence-corrected chi connectivity index (χ1v) is 6.99. The topological polar surface area (TPSA) is 26.0 Å². The molecule has 0 heterocycles. The second-order valence-corrected chi connectivity index (χ2v) is 5.54. The van der Waals surface area contributed by atoms with Crippen LogP contribution in [0.4, 0.5) is 0 Å². The minimum atomic E-state index is 0.201. The van der Waals surface area contributed by atoms with E-state index in [4.69, 9.17) is 5.73 Å². The average molecular weight is 211 g/mol. The Morgan fingerprint density at radius 2 is 2.00 bits per heavy atom. The van der Waals surface area contributed by atoms with Gasteiger partial charge in [-0.2, -0.15) is 0 Å². The Bertz CT molecular complexity index is 167. The van der Waals surface area contributed by atoms with Crippen LogP contribution in [0.1, 0.15) is 78.1 Å². The van der Waals surface area contributed by atoms with E-state index >= 15 is 0 Å². The van der Waals surface area contributed by atoms with Gasteiger partial charge in [0.05, 0.1) is 0 Å². The van der Waals surface area contributed by atoms with Gasteiger partial charge in [-0.3, -0.25) is 0 Å². The zero-order valence-corrected chi connectivity index (χ0v) is 10.7. The third-order valence-corrected chi connectivity index (χ3v) is 4.09. The molecule has 0 amide bonds. The molecule has 15 heavy (non-hydrogen) atoms. The van der Waals surface area contributed by atoms with E-state index in [1.54, 1.807) is 0 Å². The summed E-state index contributed by atoms with van der Waals surface area (Å²) in [4.78, 5) is 0. The van der Waals surface area contributed by atoms with Gasteiger partial charge >= 0.3 is 0 Å². The van der Waals surface area contributed by atoms with E-state index in [-0.39, 0.29) is 5.54 Å². The van der Waals surface area contributed by atoms with Gasteiger partial charge in [-0.05, 0) is 25.2 Å². The van der Waals surface area contributed by atoms with E-state index < -0.39 is 0 Å². The van der Waals surface area contributed by atoms with E-state index in [2.05, 4.69) is 13.8 Å². The van der Waals surface area contributed by atoms with Gasteiger partial charge in [0.2, 0.25) is 0 Å². The fraction of sp³-hybridized carbons (Fsp3) is 1.00. The summed E-state index contributed by atoms with van der Waals surface area (Å²) >= 11 is 0. The molecule has 1 heteroatoms. The molecule has 2 atom stereocenters. The second kappa shape index (κ2) is 6.52. The monoisotopic (exact) mass is 211 g/mol. The van der Waals surface area contributed by atoms with Crippen molar-refractivity contribution < 1.29 is 0 Å². The summed E-state index contributed by atoms with van der Waals surface area (Å²) in [5, 5.41) is 0. The highest BCUT2D eigenvalue weighted by molar-refractivity contribution is 4.90. The molecule has 0 spiro atoms. The number of nitrogens with two attached hydrogens (primary N) is 1. The maximum atomic E-state index is 6.51. The maximum Gasteiger partial charge on any atom is 0.0157 e. The van der Waals surface area contributed by atoms with Crippen molar-refractivity contribution in [3.8, 4) is 0 Å². The predicted molar refractivity (Wildman–Crippen MR) is 67.9 cm³/mol. The third kappa shape index (κ3) is 4.55. The number of rotatable bonds is 6. The fourth-order valence-electron chi connectivity index (χ4n) is 3.00. The number of hydrogen-bond donors (Lipinski definition) is 1. The molecular formula is C14H29N. The van der Waals surface area contributed by atoms with Crippen LogP contribution in [-0.2, 0) is 0 Å². The summed E-state index contributed by atoms with van der Waals surface area (Å²) in [6, 6.07) is 0. The van der Waals surface area contributed by atoms with Gasteiger partial charge in [-0.15, -0.1) is 0 Å². The average Bonchev–Trinajstić information content (AvgIpc) is 2.24. The molecule has 0 aliphatic heterocycles. The van der Waals surface area contributed by atoms with Crippen LogP contribution >= 0.6 is 0 Å². The van der Waals surface area contributed by atoms with Crippen molar-refractivity contribution in [1.82, 2.24) is 0 Å². The summed E-state index contributed by atoms with van der Waals surface area (Å²) in [5.74, 6) is 0.912. The summed E-state index contributed by atoms with van der Waals surface area (Å²) < 4.78 is 0. The molecule has 2 unspecified atom stereocenters. The zero-order valence-electron chi connectivity index (χ0n) is 10.7. The Morgan fingerprint density at radius 3 is 2.67 bits per heavy atom. The van der Waals surface area contributed by atoms with Gasteiger partial charge in [0.15, 0.2) is 0 Å². The molecule has 1 nitrogen and oxygen atoms in total. The molecule has 90 valence electrons. The summed E-state index contributed by atoms with van der Waals surface area (Å²) in [7, 11) is 0. The van der Waals surface area contributed by atoms with Gasteiger partial charge in [-0.25, -0.2) is 0 Å². The Labute approximate surface area is 95.8 Å². The van der Waals surface area contributed by atoms with Crippen LogP contribution in [0.3, 0.4) is 0 Å². The largest absolute Gasteiger partial charge is 0.325 e. The summed E-state index contributed by atoms with van der Waals surface area (Å²) in [5.41, 5.74) is 6.71. The van der Waals surface area contributed by atoms with Crippen molar-refractivity contribution in [2.24, 2.45) is 11.7 Å². The highest BCUT2D eigenvalue weighted by Crippen LogP contribution is 2.35. The lowest BCUT2D eigenvalue weighted by atomic mass is 9.73. The molecule has 1 aliphatic carbocycles. The number of unbranched alkanes of at least 4 members (excludes halogenated alkanes) is 3. The zero-order chi connectivity index (χ0) is 11.1. The normalized spacial score (nSPS) is 31.8. The molecule has 0 bridgehead atoms. The molecule has 0 aromatic heterocycles. The molecule has 0 radical (unpaired) electrons. The fourth-order valence-corrected chi connectivity index (χ4v) is 3.00. The Hall–Kier alpha value is -0.0400. The minimum Gasteiger partial charge on any atom is -0.325 e. The molecule has 1 aliphatic rings. The highest BCUT2D eigenvalue weighted by Gasteiger charge is 2.31. The quantitative estimate of drug-likeness (QED) is 0.653. The van der Waals surface area contributed by atoms with Gasteiger partial charge in [0, 0.05) is 5.54 Å². The van der Waals surface area contributed by atoms with Crippen LogP contribution < -0.4 is 5.73 Å². The first kappa shape index (κ1) is 13.0. The van der Waals surface area contributed by atoms with Crippen molar-refractivity contribution in [3.63, 3.8) is 0 Å². The van der Waals surface area contributed by atoms with Crippen molar-refractivity contribution in [2.45, 2.75) is 83.6 Å². The predicted octanol–water partition coefficient (Wildman–Crippen LogP) is 4.25. The van der Waals surface area contributed by atoms with Crippen molar-refractivity contribution >= 4 is 0 Å². The van der Waals surface area contributed by atoms with Crippen LogP contribution in [0.25, 0.3) is 0 Å². The summed E-state index contributed by atoms with van der Waals surface area (Å²) in [6.07, 6.45) is 13.4. The SMILES string of the molecule is CCCCCCC1(N)CCCC(CC)C1. The molecule has 0 saturated heterocycles. The van der Waals surface area contributed by atoms with E-state index in [0.29, 0.717) is 0 Å². The molecule has 1 rings (SSSR count). The second-order valence-electron chi connectivity index (χ2n) is 5.54. The molecule has 1 saturated carbocycles. The molecule has 0 aromatic carbocycles. The van der Waals surface area contributed by atoms with Crippen LogP contribution in [0.5, 0.6) is 0 Å². The Morgan fingerprint density at radius 1 is 1.20 bits per heavy atom. The van der Waals surface area contributed by atoms with Crippen molar-refractivity contribution in [1.29, 1.82) is 0 Å². The lowest BCUT2D eigenvalue weighted by Gasteiger charge is -2.38. The van der Waals surface area contributed by atoms with Crippen LogP contribution in [-0.4, -0.2) is 5.54 Å². The van der Waals surface area contributed by atoms with E-state index in [9.17, 15) is 0 Å². The van der Waals surface area contributed by atoms with Crippen LogP contribution in [0.15, 0.2) is 0 Å². The lowest BCUT2D eigenvalue weighted by Crippen LogP contribution is -2.44. The smallest absolute Gasteiger partial charge is 0.0157 e. The molecule has 2 N–H and O–H groups in total. The van der Waals surface area contributed by atoms with Gasteiger partial charge < -0.3 is 5.73 Å². The van der Waals surface area contributed by atoms with Crippen molar-refractivity contribution in [2.75, 3.05) is 0 Å². The van der Waals surface area contributed by atoms with Crippen LogP contribution in [0, 0.1) is 5.92 Å². The van der Waals surface area contributed by atoms with E-state index in [1.165, 1.54) is 64.2 Å².